The first-order valence-electron chi connectivity index (χ1n) is 6.53. The van der Waals surface area contributed by atoms with E-state index in [9.17, 15) is 4.39 Å². The minimum Gasteiger partial charge on any atom is -0.396 e. The van der Waals surface area contributed by atoms with E-state index in [4.69, 9.17) is 5.73 Å². The zero-order valence-corrected chi connectivity index (χ0v) is 10.9. The standard InChI is InChI=1S/C10H13N.C6H6FN/c1-2-4-9(5-3-1)8-11-10-6-7-10;7-5-3-1-2-4-6(5)8/h1-5,10-11H,6-8H2;1-4H,8H2. The second-order valence-electron chi connectivity index (χ2n) is 4.66. The van der Waals surface area contributed by atoms with E-state index in [-0.39, 0.29) is 11.5 Å². The third kappa shape index (κ3) is 5.10. The van der Waals surface area contributed by atoms with E-state index >= 15 is 0 Å². The summed E-state index contributed by atoms with van der Waals surface area (Å²) < 4.78 is 12.2. The van der Waals surface area contributed by atoms with Gasteiger partial charge in [-0.1, -0.05) is 42.5 Å². The molecular weight excluding hydrogens is 239 g/mol. The molecule has 19 heavy (non-hydrogen) atoms. The van der Waals surface area contributed by atoms with Crippen molar-refractivity contribution in [1.29, 1.82) is 0 Å². The number of nitrogens with two attached hydrogens (primary N) is 1. The van der Waals surface area contributed by atoms with Crippen LogP contribution in [0.25, 0.3) is 0 Å². The molecule has 3 N–H and O–H groups in total. The lowest BCUT2D eigenvalue weighted by Gasteiger charge is -2.00. The summed E-state index contributed by atoms with van der Waals surface area (Å²) in [4.78, 5) is 0. The van der Waals surface area contributed by atoms with Gasteiger partial charge in [-0.25, -0.2) is 4.39 Å². The average molecular weight is 258 g/mol. The molecule has 1 fully saturated rings. The number of rotatable bonds is 3. The molecule has 100 valence electrons. The molecule has 0 unspecified atom stereocenters. The summed E-state index contributed by atoms with van der Waals surface area (Å²) in [7, 11) is 0. The van der Waals surface area contributed by atoms with Crippen LogP contribution in [0.1, 0.15) is 18.4 Å². The number of anilines is 1. The van der Waals surface area contributed by atoms with Gasteiger partial charge in [0, 0.05) is 12.6 Å². The third-order valence-electron chi connectivity index (χ3n) is 2.92. The van der Waals surface area contributed by atoms with Gasteiger partial charge in [0.1, 0.15) is 5.82 Å². The second kappa shape index (κ2) is 6.90. The molecule has 0 aliphatic heterocycles. The Labute approximate surface area is 113 Å². The van der Waals surface area contributed by atoms with E-state index in [0.29, 0.717) is 0 Å². The molecule has 0 aromatic heterocycles. The SMILES string of the molecule is Nc1ccccc1F.c1ccc(CNC2CC2)cc1. The van der Waals surface area contributed by atoms with Crippen LogP contribution in [-0.2, 0) is 6.54 Å². The van der Waals surface area contributed by atoms with E-state index in [0.717, 1.165) is 12.6 Å². The van der Waals surface area contributed by atoms with Crippen molar-refractivity contribution in [2.24, 2.45) is 0 Å². The Morgan fingerprint density at radius 2 is 1.63 bits per heavy atom. The Kier molecular flexibility index (Phi) is 4.93. The summed E-state index contributed by atoms with van der Waals surface area (Å²) >= 11 is 0. The number of halogens is 1. The van der Waals surface area contributed by atoms with Gasteiger partial charge in [-0.05, 0) is 30.5 Å². The van der Waals surface area contributed by atoms with Crippen LogP contribution in [0.4, 0.5) is 10.1 Å². The van der Waals surface area contributed by atoms with Crippen molar-refractivity contribution in [2.45, 2.75) is 25.4 Å². The minimum absolute atomic E-state index is 0.201. The Morgan fingerprint density at radius 1 is 1.00 bits per heavy atom. The largest absolute Gasteiger partial charge is 0.396 e. The molecule has 0 saturated heterocycles. The molecule has 0 bridgehead atoms. The lowest BCUT2D eigenvalue weighted by molar-refractivity contribution is 0.632. The molecule has 2 aromatic carbocycles. The number of nitrogens with one attached hydrogen (secondary N) is 1. The highest BCUT2D eigenvalue weighted by molar-refractivity contribution is 5.38. The van der Waals surface area contributed by atoms with Crippen molar-refractivity contribution in [3.63, 3.8) is 0 Å². The monoisotopic (exact) mass is 258 g/mol. The number of nitrogen functional groups attached to an aromatic ring is 1. The highest BCUT2D eigenvalue weighted by Crippen LogP contribution is 2.19. The molecule has 3 rings (SSSR count). The van der Waals surface area contributed by atoms with E-state index in [1.54, 1.807) is 12.1 Å². The molecule has 1 aliphatic carbocycles. The second-order valence-corrected chi connectivity index (χ2v) is 4.66. The molecular formula is C16H19FN2. The summed E-state index contributed by atoms with van der Waals surface area (Å²) in [6.45, 7) is 1.03. The lowest BCUT2D eigenvalue weighted by atomic mass is 10.2. The first-order chi connectivity index (χ1) is 9.25. The van der Waals surface area contributed by atoms with Crippen molar-refractivity contribution < 1.29 is 4.39 Å². The van der Waals surface area contributed by atoms with Crippen LogP contribution in [0, 0.1) is 5.82 Å². The van der Waals surface area contributed by atoms with E-state index < -0.39 is 0 Å². The van der Waals surface area contributed by atoms with Crippen LogP contribution in [0.15, 0.2) is 54.6 Å². The van der Waals surface area contributed by atoms with Gasteiger partial charge in [-0.15, -0.1) is 0 Å². The molecule has 3 heteroatoms. The van der Waals surface area contributed by atoms with Crippen LogP contribution in [0.3, 0.4) is 0 Å². The summed E-state index contributed by atoms with van der Waals surface area (Å²) in [5.74, 6) is -0.354. The molecule has 0 amide bonds. The summed E-state index contributed by atoms with van der Waals surface area (Å²) in [6, 6.07) is 17.5. The van der Waals surface area contributed by atoms with E-state index in [1.165, 1.54) is 30.5 Å². The topological polar surface area (TPSA) is 38.0 Å². The molecule has 1 saturated carbocycles. The summed E-state index contributed by atoms with van der Waals surface area (Å²) in [5.41, 5.74) is 6.73. The van der Waals surface area contributed by atoms with Crippen molar-refractivity contribution >= 4 is 5.69 Å². The van der Waals surface area contributed by atoms with Gasteiger partial charge >= 0.3 is 0 Å². The van der Waals surface area contributed by atoms with E-state index in [2.05, 4.69) is 35.6 Å². The fourth-order valence-electron chi connectivity index (χ4n) is 1.62. The highest BCUT2D eigenvalue weighted by Gasteiger charge is 2.19. The molecule has 0 spiro atoms. The van der Waals surface area contributed by atoms with Gasteiger partial charge in [0.15, 0.2) is 0 Å². The van der Waals surface area contributed by atoms with Crippen LogP contribution >= 0.6 is 0 Å². The van der Waals surface area contributed by atoms with Gasteiger partial charge in [-0.2, -0.15) is 0 Å². The first kappa shape index (κ1) is 13.6. The van der Waals surface area contributed by atoms with Crippen LogP contribution in [-0.4, -0.2) is 6.04 Å². The zero-order valence-electron chi connectivity index (χ0n) is 10.9. The van der Waals surface area contributed by atoms with Crippen LogP contribution in [0.5, 0.6) is 0 Å². The molecule has 2 aromatic rings. The van der Waals surface area contributed by atoms with Crippen molar-refractivity contribution in [1.82, 2.24) is 5.32 Å². The summed E-state index contributed by atoms with van der Waals surface area (Å²) in [6.07, 6.45) is 2.74. The summed E-state index contributed by atoms with van der Waals surface area (Å²) in [5, 5.41) is 3.47. The Hall–Kier alpha value is -1.87. The third-order valence-corrected chi connectivity index (χ3v) is 2.92. The molecule has 0 heterocycles. The lowest BCUT2D eigenvalue weighted by Crippen LogP contribution is -2.14. The maximum Gasteiger partial charge on any atom is 0.146 e. The van der Waals surface area contributed by atoms with Crippen molar-refractivity contribution in [2.75, 3.05) is 5.73 Å². The fourth-order valence-corrected chi connectivity index (χ4v) is 1.62. The van der Waals surface area contributed by atoms with E-state index in [1.807, 2.05) is 0 Å². The fraction of sp³-hybridized carbons (Fsp3) is 0.250. The minimum atomic E-state index is -0.354. The van der Waals surface area contributed by atoms with Gasteiger partial charge in [0.2, 0.25) is 0 Å². The van der Waals surface area contributed by atoms with Gasteiger partial charge in [0.25, 0.3) is 0 Å². The molecule has 0 radical (unpaired) electrons. The van der Waals surface area contributed by atoms with Crippen molar-refractivity contribution in [3.8, 4) is 0 Å². The number of hydrogen-bond acceptors (Lipinski definition) is 2. The zero-order chi connectivity index (χ0) is 13.5. The van der Waals surface area contributed by atoms with Gasteiger partial charge < -0.3 is 11.1 Å². The normalized spacial score (nSPS) is 13.5. The maximum atomic E-state index is 12.2. The predicted octanol–water partition coefficient (Wildman–Crippen LogP) is 3.35. The number of benzene rings is 2. The molecule has 0 atom stereocenters. The number of hydrogen-bond donors (Lipinski definition) is 2. The average Bonchev–Trinajstić information content (AvgIpc) is 3.26. The van der Waals surface area contributed by atoms with Gasteiger partial charge in [0.05, 0.1) is 5.69 Å². The van der Waals surface area contributed by atoms with Gasteiger partial charge in [-0.3, -0.25) is 0 Å². The van der Waals surface area contributed by atoms with Crippen LogP contribution < -0.4 is 11.1 Å². The first-order valence-corrected chi connectivity index (χ1v) is 6.53. The Bertz CT molecular complexity index is 474. The van der Waals surface area contributed by atoms with Crippen LogP contribution in [0.2, 0.25) is 0 Å². The Morgan fingerprint density at radius 3 is 2.16 bits per heavy atom. The molecule has 2 nitrogen and oxygen atoms in total. The smallest absolute Gasteiger partial charge is 0.146 e. The molecule has 1 aliphatic rings. The highest BCUT2D eigenvalue weighted by atomic mass is 19.1. The van der Waals surface area contributed by atoms with Crippen molar-refractivity contribution in [3.05, 3.63) is 66.0 Å². The quantitative estimate of drug-likeness (QED) is 0.829. The Balaban J connectivity index is 0.000000148. The number of para-hydroxylation sites is 1. The predicted molar refractivity (Wildman–Crippen MR) is 77.1 cm³/mol. The maximum absolute atomic E-state index is 12.2.